The van der Waals surface area contributed by atoms with Gasteiger partial charge in [0, 0.05) is 6.04 Å². The predicted molar refractivity (Wildman–Crippen MR) is 71.4 cm³/mol. The van der Waals surface area contributed by atoms with Crippen molar-refractivity contribution >= 4 is 17.6 Å². The Hall–Kier alpha value is -1.26. The second kappa shape index (κ2) is 6.61. The Morgan fingerprint density at radius 3 is 2.61 bits per heavy atom. The van der Waals surface area contributed by atoms with E-state index in [1.165, 1.54) is 0 Å². The first kappa shape index (κ1) is 14.8. The summed E-state index contributed by atoms with van der Waals surface area (Å²) >= 11 is 6.01. The van der Waals surface area contributed by atoms with Gasteiger partial charge in [0.05, 0.1) is 12.1 Å². The van der Waals surface area contributed by atoms with Crippen LogP contribution in [0.5, 0.6) is 5.75 Å². The smallest absolute Gasteiger partial charge is 0.321 e. The Balaban J connectivity index is 2.81. The summed E-state index contributed by atoms with van der Waals surface area (Å²) in [5.41, 5.74) is 0.862. The molecule has 0 fully saturated rings. The van der Waals surface area contributed by atoms with Gasteiger partial charge in [0.2, 0.25) is 0 Å². The summed E-state index contributed by atoms with van der Waals surface area (Å²) in [6, 6.07) is 4.79. The lowest BCUT2D eigenvalue weighted by molar-refractivity contribution is -0.139. The molecule has 0 aliphatic rings. The first-order valence-corrected chi connectivity index (χ1v) is 6.13. The van der Waals surface area contributed by atoms with E-state index in [0.29, 0.717) is 17.2 Å². The van der Waals surface area contributed by atoms with Gasteiger partial charge in [0.1, 0.15) is 11.8 Å². The number of carboxylic acid groups (broad SMARTS) is 1. The largest absolute Gasteiger partial charge is 0.495 e. The topological polar surface area (TPSA) is 58.6 Å². The van der Waals surface area contributed by atoms with Crippen molar-refractivity contribution in [3.63, 3.8) is 0 Å². The maximum atomic E-state index is 11.1. The molecule has 1 atom stereocenters. The third-order valence-electron chi connectivity index (χ3n) is 2.49. The van der Waals surface area contributed by atoms with Gasteiger partial charge in [0.15, 0.2) is 0 Å². The Labute approximate surface area is 112 Å². The molecule has 0 spiro atoms. The highest BCUT2D eigenvalue weighted by atomic mass is 35.5. The van der Waals surface area contributed by atoms with E-state index in [1.54, 1.807) is 19.2 Å². The van der Waals surface area contributed by atoms with Crippen molar-refractivity contribution in [2.75, 3.05) is 7.11 Å². The fraction of sp³-hybridized carbons (Fsp3) is 0.462. The maximum Gasteiger partial charge on any atom is 0.321 e. The predicted octanol–water partition coefficient (Wildman–Crippen LogP) is 2.34. The standard InChI is InChI=1S/C13H18ClNO3/c1-8(2)15-11(13(16)17)7-9-4-5-12(18-3)10(14)6-9/h4-6,8,11,15H,7H2,1-3H3,(H,16,17). The molecular weight excluding hydrogens is 254 g/mol. The number of carboxylic acids is 1. The fourth-order valence-electron chi connectivity index (χ4n) is 1.69. The summed E-state index contributed by atoms with van der Waals surface area (Å²) in [4.78, 5) is 11.1. The van der Waals surface area contributed by atoms with Crippen LogP contribution in [0.3, 0.4) is 0 Å². The van der Waals surface area contributed by atoms with Crippen LogP contribution in [-0.4, -0.2) is 30.3 Å². The number of rotatable bonds is 6. The van der Waals surface area contributed by atoms with E-state index in [1.807, 2.05) is 19.9 Å². The van der Waals surface area contributed by atoms with Crippen LogP contribution in [0.15, 0.2) is 18.2 Å². The van der Waals surface area contributed by atoms with Crippen molar-refractivity contribution in [2.24, 2.45) is 0 Å². The molecule has 0 heterocycles. The molecule has 0 radical (unpaired) electrons. The van der Waals surface area contributed by atoms with E-state index < -0.39 is 12.0 Å². The number of hydrogen-bond donors (Lipinski definition) is 2. The number of ether oxygens (including phenoxy) is 1. The first-order valence-electron chi connectivity index (χ1n) is 5.75. The average molecular weight is 272 g/mol. The monoisotopic (exact) mass is 271 g/mol. The minimum absolute atomic E-state index is 0.111. The lowest BCUT2D eigenvalue weighted by Gasteiger charge is -2.17. The molecule has 1 rings (SSSR count). The van der Waals surface area contributed by atoms with Crippen LogP contribution in [0.4, 0.5) is 0 Å². The number of benzene rings is 1. The van der Waals surface area contributed by atoms with Crippen molar-refractivity contribution in [3.8, 4) is 5.75 Å². The van der Waals surface area contributed by atoms with E-state index in [-0.39, 0.29) is 6.04 Å². The van der Waals surface area contributed by atoms with Gasteiger partial charge in [-0.15, -0.1) is 0 Å². The number of nitrogens with one attached hydrogen (secondary N) is 1. The van der Waals surface area contributed by atoms with Gasteiger partial charge in [-0.25, -0.2) is 0 Å². The molecule has 0 amide bonds. The number of hydrogen-bond acceptors (Lipinski definition) is 3. The lowest BCUT2D eigenvalue weighted by Crippen LogP contribution is -2.42. The summed E-state index contributed by atoms with van der Waals surface area (Å²) in [5.74, 6) is -0.278. The quantitative estimate of drug-likeness (QED) is 0.834. The summed E-state index contributed by atoms with van der Waals surface area (Å²) in [5, 5.41) is 12.6. The van der Waals surface area contributed by atoms with Crippen molar-refractivity contribution in [2.45, 2.75) is 32.4 Å². The molecule has 0 saturated heterocycles. The second-order valence-corrected chi connectivity index (χ2v) is 4.79. The molecule has 1 aromatic rings. The molecule has 0 saturated carbocycles. The van der Waals surface area contributed by atoms with Gasteiger partial charge >= 0.3 is 5.97 Å². The van der Waals surface area contributed by atoms with Crippen molar-refractivity contribution in [1.29, 1.82) is 0 Å². The Bertz CT molecular complexity index is 421. The highest BCUT2D eigenvalue weighted by Crippen LogP contribution is 2.25. The molecule has 5 heteroatoms. The normalized spacial score (nSPS) is 12.5. The van der Waals surface area contributed by atoms with E-state index in [2.05, 4.69) is 5.32 Å². The maximum absolute atomic E-state index is 11.1. The minimum Gasteiger partial charge on any atom is -0.495 e. The Morgan fingerprint density at radius 1 is 1.50 bits per heavy atom. The lowest BCUT2D eigenvalue weighted by atomic mass is 10.1. The molecule has 1 aromatic carbocycles. The number of carbonyl (C=O) groups is 1. The van der Waals surface area contributed by atoms with Crippen molar-refractivity contribution < 1.29 is 14.6 Å². The van der Waals surface area contributed by atoms with E-state index in [9.17, 15) is 4.79 Å². The molecular formula is C13H18ClNO3. The summed E-state index contributed by atoms with van der Waals surface area (Å²) < 4.78 is 5.05. The molecule has 0 aliphatic heterocycles. The fourth-order valence-corrected chi connectivity index (χ4v) is 1.97. The zero-order valence-corrected chi connectivity index (χ0v) is 11.5. The third kappa shape index (κ3) is 4.20. The summed E-state index contributed by atoms with van der Waals surface area (Å²) in [6.07, 6.45) is 0.386. The molecule has 0 bridgehead atoms. The van der Waals surface area contributed by atoms with Crippen LogP contribution < -0.4 is 10.1 Å². The Kier molecular flexibility index (Phi) is 5.44. The zero-order chi connectivity index (χ0) is 13.7. The molecule has 18 heavy (non-hydrogen) atoms. The highest BCUT2D eigenvalue weighted by Gasteiger charge is 2.18. The molecule has 0 aromatic heterocycles. The zero-order valence-electron chi connectivity index (χ0n) is 10.7. The van der Waals surface area contributed by atoms with Gasteiger partial charge in [-0.05, 0) is 24.1 Å². The van der Waals surface area contributed by atoms with E-state index in [0.717, 1.165) is 5.56 Å². The summed E-state index contributed by atoms with van der Waals surface area (Å²) in [7, 11) is 1.54. The molecule has 0 aliphatic carbocycles. The van der Waals surface area contributed by atoms with Gasteiger partial charge < -0.3 is 15.2 Å². The highest BCUT2D eigenvalue weighted by molar-refractivity contribution is 6.32. The van der Waals surface area contributed by atoms with Crippen LogP contribution in [0.1, 0.15) is 19.4 Å². The molecule has 4 nitrogen and oxygen atoms in total. The minimum atomic E-state index is -0.865. The van der Waals surface area contributed by atoms with Crippen molar-refractivity contribution in [1.82, 2.24) is 5.32 Å². The second-order valence-electron chi connectivity index (χ2n) is 4.39. The van der Waals surface area contributed by atoms with Crippen LogP contribution >= 0.6 is 11.6 Å². The van der Waals surface area contributed by atoms with Crippen LogP contribution in [0.2, 0.25) is 5.02 Å². The van der Waals surface area contributed by atoms with Gasteiger partial charge in [-0.2, -0.15) is 0 Å². The van der Waals surface area contributed by atoms with Crippen LogP contribution in [-0.2, 0) is 11.2 Å². The molecule has 2 N–H and O–H groups in total. The molecule has 100 valence electrons. The third-order valence-corrected chi connectivity index (χ3v) is 2.78. The number of methoxy groups -OCH3 is 1. The first-order chi connectivity index (χ1) is 8.43. The van der Waals surface area contributed by atoms with E-state index >= 15 is 0 Å². The van der Waals surface area contributed by atoms with Crippen LogP contribution in [0.25, 0.3) is 0 Å². The number of halogens is 1. The van der Waals surface area contributed by atoms with Gasteiger partial charge in [0.25, 0.3) is 0 Å². The summed E-state index contributed by atoms with van der Waals surface area (Å²) in [6.45, 7) is 3.83. The van der Waals surface area contributed by atoms with E-state index in [4.69, 9.17) is 21.4 Å². The Morgan fingerprint density at radius 2 is 2.17 bits per heavy atom. The van der Waals surface area contributed by atoms with Gasteiger partial charge in [-0.3, -0.25) is 4.79 Å². The SMILES string of the molecule is COc1ccc(CC(NC(C)C)C(=O)O)cc1Cl. The number of aliphatic carboxylic acids is 1. The van der Waals surface area contributed by atoms with Crippen molar-refractivity contribution in [3.05, 3.63) is 28.8 Å². The average Bonchev–Trinajstić information content (AvgIpc) is 2.27. The van der Waals surface area contributed by atoms with Crippen LogP contribution in [0, 0.1) is 0 Å². The van der Waals surface area contributed by atoms with Gasteiger partial charge in [-0.1, -0.05) is 31.5 Å². The molecule has 1 unspecified atom stereocenters.